The third-order valence-corrected chi connectivity index (χ3v) is 14.7. The number of likely N-dealkylation sites (tertiary alicyclic amines) is 1. The van der Waals surface area contributed by atoms with E-state index in [4.69, 9.17) is 21.1 Å². The van der Waals surface area contributed by atoms with Crippen LogP contribution >= 0.6 is 11.6 Å². The normalized spacial score (nSPS) is 34.0. The minimum Gasteiger partial charge on any atom is -0.490 e. The molecule has 5 aliphatic rings. The average Bonchev–Trinajstić information content (AvgIpc) is 3.22. The first kappa shape index (κ1) is 34.8. The number of amides is 1. The fourth-order valence-electron chi connectivity index (χ4n) is 9.27. The second kappa shape index (κ2) is 13.9. The maximum absolute atomic E-state index is 13.6. The first-order valence-corrected chi connectivity index (χ1v) is 20.3. The average molecular weight is 710 g/mol. The van der Waals surface area contributed by atoms with Crippen molar-refractivity contribution in [2.75, 3.05) is 51.3 Å². The summed E-state index contributed by atoms with van der Waals surface area (Å²) in [5.41, 5.74) is 3.00. The number of ether oxygens (including phenoxy) is 2. The minimum atomic E-state index is -3.93. The predicted octanol–water partition coefficient (Wildman–Crippen LogP) is 6.75. The van der Waals surface area contributed by atoms with Crippen LogP contribution in [0.25, 0.3) is 0 Å². The van der Waals surface area contributed by atoms with E-state index >= 15 is 0 Å². The number of nitrogens with zero attached hydrogens (tertiary/aromatic N) is 2. The van der Waals surface area contributed by atoms with E-state index in [1.165, 1.54) is 30.4 Å². The highest BCUT2D eigenvalue weighted by molar-refractivity contribution is 7.90. The number of rotatable bonds is 3. The van der Waals surface area contributed by atoms with Crippen molar-refractivity contribution in [1.29, 1.82) is 0 Å². The fraction of sp³-hybridized carbons (Fsp3) is 0.615. The molecule has 2 fully saturated rings. The van der Waals surface area contributed by atoms with Gasteiger partial charge in [0, 0.05) is 42.7 Å². The molecule has 10 heteroatoms. The zero-order valence-electron chi connectivity index (χ0n) is 29.3. The highest BCUT2D eigenvalue weighted by atomic mass is 35.5. The van der Waals surface area contributed by atoms with Crippen LogP contribution in [-0.4, -0.2) is 76.5 Å². The highest BCUT2D eigenvalue weighted by Crippen LogP contribution is 2.49. The van der Waals surface area contributed by atoms with Gasteiger partial charge in [-0.05, 0) is 131 Å². The summed E-state index contributed by atoms with van der Waals surface area (Å²) in [5.74, 6) is 0.585. The van der Waals surface area contributed by atoms with Crippen LogP contribution in [0.15, 0.2) is 48.6 Å². The van der Waals surface area contributed by atoms with E-state index < -0.39 is 26.8 Å². The first-order chi connectivity index (χ1) is 23.5. The van der Waals surface area contributed by atoms with Crippen LogP contribution in [0.5, 0.6) is 5.75 Å². The van der Waals surface area contributed by atoms with Crippen LogP contribution < -0.4 is 14.4 Å². The van der Waals surface area contributed by atoms with Gasteiger partial charge in [-0.15, -0.1) is 0 Å². The predicted molar refractivity (Wildman–Crippen MR) is 195 cm³/mol. The van der Waals surface area contributed by atoms with Crippen LogP contribution in [-0.2, 0) is 26.6 Å². The molecule has 2 aromatic rings. The van der Waals surface area contributed by atoms with Crippen molar-refractivity contribution >= 4 is 33.2 Å². The summed E-state index contributed by atoms with van der Waals surface area (Å²) in [5, 5.41) is -0.00665. The number of piperidine rings is 1. The summed E-state index contributed by atoms with van der Waals surface area (Å²) >= 11 is 6.48. The van der Waals surface area contributed by atoms with Gasteiger partial charge < -0.3 is 19.3 Å². The SMILES string of the molecule is CO[C@@]1(CN2CCCCC2)/C=C\C[C@H](C)[C@@H](C)S(=O)(=O)NC(=O)c2ccc3c(c2)N(C[C@@H]2CC[C@H]21)C[C@@]1(CCCc2cc(Cl)ccc21)CO3. The van der Waals surface area contributed by atoms with E-state index in [0.717, 1.165) is 81.3 Å². The summed E-state index contributed by atoms with van der Waals surface area (Å²) in [6.07, 6.45) is 13.9. The molecule has 7 rings (SSSR count). The van der Waals surface area contributed by atoms with Crippen molar-refractivity contribution in [3.05, 3.63) is 70.3 Å². The van der Waals surface area contributed by atoms with Crippen molar-refractivity contribution in [2.45, 2.75) is 87.9 Å². The van der Waals surface area contributed by atoms with Gasteiger partial charge in [-0.25, -0.2) is 13.1 Å². The lowest BCUT2D eigenvalue weighted by molar-refractivity contribution is -0.0932. The Bertz CT molecular complexity index is 1690. The highest BCUT2D eigenvalue weighted by Gasteiger charge is 2.50. The molecule has 3 aliphatic heterocycles. The topological polar surface area (TPSA) is 88.2 Å². The molecule has 6 atom stereocenters. The summed E-state index contributed by atoms with van der Waals surface area (Å²) < 4.78 is 42.8. The number of aryl methyl sites for hydroxylation is 1. The molecule has 2 aromatic carbocycles. The van der Waals surface area contributed by atoms with Crippen LogP contribution in [0.4, 0.5) is 5.69 Å². The van der Waals surface area contributed by atoms with Gasteiger partial charge in [0.1, 0.15) is 11.4 Å². The molecule has 8 nitrogen and oxygen atoms in total. The van der Waals surface area contributed by atoms with E-state index in [0.29, 0.717) is 30.4 Å². The van der Waals surface area contributed by atoms with Gasteiger partial charge >= 0.3 is 0 Å². The molecule has 3 heterocycles. The number of allylic oxidation sites excluding steroid dienone is 1. The molecule has 1 spiro atoms. The van der Waals surface area contributed by atoms with Crippen LogP contribution in [0, 0.1) is 17.8 Å². The Labute approximate surface area is 297 Å². The molecular formula is C39H52ClN3O5S. The van der Waals surface area contributed by atoms with Crippen molar-refractivity contribution in [3.8, 4) is 5.75 Å². The lowest BCUT2D eigenvalue weighted by atomic mass is 9.63. The molecule has 0 aromatic heterocycles. The second-order valence-electron chi connectivity index (χ2n) is 15.5. The van der Waals surface area contributed by atoms with Gasteiger partial charge in [-0.1, -0.05) is 43.2 Å². The summed E-state index contributed by atoms with van der Waals surface area (Å²) in [7, 11) is -2.08. The van der Waals surface area contributed by atoms with Crippen molar-refractivity contribution in [1.82, 2.24) is 9.62 Å². The molecular weight excluding hydrogens is 658 g/mol. The molecule has 1 amide bonds. The van der Waals surface area contributed by atoms with Crippen LogP contribution in [0.1, 0.15) is 86.7 Å². The Morgan fingerprint density at radius 3 is 2.63 bits per heavy atom. The number of nitrogens with one attached hydrogen (secondary N) is 1. The van der Waals surface area contributed by atoms with E-state index in [2.05, 4.69) is 38.8 Å². The Morgan fingerprint density at radius 1 is 1.06 bits per heavy atom. The Hall–Kier alpha value is -2.59. The molecule has 49 heavy (non-hydrogen) atoms. The third-order valence-electron chi connectivity index (χ3n) is 12.5. The zero-order valence-corrected chi connectivity index (χ0v) is 30.8. The number of carbonyl (C=O) groups is 1. The monoisotopic (exact) mass is 709 g/mol. The molecule has 1 saturated carbocycles. The standard InChI is InChI=1S/C39H52ClN3O5S/c1-27-9-7-18-39(47-3,25-42-19-5-4-6-20-42)34-14-11-31(34)23-43-24-38(17-8-10-29-21-32(40)13-15-33(29)38)26-48-36-16-12-30(22-35(36)43)37(44)41-49(45,46)28(27)2/h7,12-13,15-16,18,21-22,27-28,31,34H,4-6,8-11,14,17,19-20,23-26H2,1-3H3,(H,41,44)/b18-7-/t27-,28+,31-,34+,38-,39+/m0/s1. The fourth-order valence-corrected chi connectivity index (χ4v) is 10.8. The van der Waals surface area contributed by atoms with Crippen molar-refractivity contribution in [2.24, 2.45) is 17.8 Å². The minimum absolute atomic E-state index is 0.198. The molecule has 0 radical (unpaired) electrons. The summed E-state index contributed by atoms with van der Waals surface area (Å²) in [6.45, 7) is 8.67. The number of hydrogen-bond donors (Lipinski definition) is 1. The second-order valence-corrected chi connectivity index (χ2v) is 18.0. The van der Waals surface area contributed by atoms with Gasteiger partial charge in [-0.2, -0.15) is 0 Å². The first-order valence-electron chi connectivity index (χ1n) is 18.3. The number of benzene rings is 2. The smallest absolute Gasteiger partial charge is 0.264 e. The van der Waals surface area contributed by atoms with Crippen molar-refractivity contribution < 1.29 is 22.7 Å². The van der Waals surface area contributed by atoms with E-state index in [1.54, 1.807) is 13.0 Å². The Kier molecular flexibility index (Phi) is 9.85. The third kappa shape index (κ3) is 6.77. The molecule has 1 N–H and O–H groups in total. The number of sulfonamides is 1. The molecule has 2 aliphatic carbocycles. The van der Waals surface area contributed by atoms with Gasteiger partial charge in [-0.3, -0.25) is 4.79 Å². The number of carbonyl (C=O) groups excluding carboxylic acids is 1. The number of methoxy groups -OCH3 is 1. The number of anilines is 1. The van der Waals surface area contributed by atoms with Gasteiger partial charge in [0.05, 0.1) is 17.5 Å². The maximum Gasteiger partial charge on any atom is 0.264 e. The largest absolute Gasteiger partial charge is 0.490 e. The number of halogens is 1. The number of hydrogen-bond acceptors (Lipinski definition) is 7. The molecule has 0 unspecified atom stereocenters. The Morgan fingerprint density at radius 2 is 1.88 bits per heavy atom. The summed E-state index contributed by atoms with van der Waals surface area (Å²) in [4.78, 5) is 18.6. The number of fused-ring (bicyclic) bond motifs is 4. The van der Waals surface area contributed by atoms with E-state index in [9.17, 15) is 13.2 Å². The van der Waals surface area contributed by atoms with Gasteiger partial charge in [0.25, 0.3) is 5.91 Å². The maximum atomic E-state index is 13.6. The van der Waals surface area contributed by atoms with Crippen molar-refractivity contribution in [3.63, 3.8) is 0 Å². The molecule has 266 valence electrons. The molecule has 2 bridgehead atoms. The zero-order chi connectivity index (χ0) is 34.4. The summed E-state index contributed by atoms with van der Waals surface area (Å²) in [6, 6.07) is 11.7. The lowest BCUT2D eigenvalue weighted by Gasteiger charge is -2.52. The van der Waals surface area contributed by atoms with E-state index in [-0.39, 0.29) is 11.3 Å². The van der Waals surface area contributed by atoms with E-state index in [1.807, 2.05) is 32.2 Å². The van der Waals surface area contributed by atoms with Crippen LogP contribution in [0.2, 0.25) is 5.02 Å². The van der Waals surface area contributed by atoms with Crippen LogP contribution in [0.3, 0.4) is 0 Å². The van der Waals surface area contributed by atoms with Gasteiger partial charge in [0.2, 0.25) is 10.0 Å². The Balaban J connectivity index is 1.32. The lowest BCUT2D eigenvalue weighted by Crippen LogP contribution is -2.57. The van der Waals surface area contributed by atoms with Gasteiger partial charge in [0.15, 0.2) is 0 Å². The quantitative estimate of drug-likeness (QED) is 0.353. The molecule has 1 saturated heterocycles.